The third kappa shape index (κ3) is 1.33. The van der Waals surface area contributed by atoms with Gasteiger partial charge in [-0.05, 0) is 19.8 Å². The zero-order valence-corrected chi connectivity index (χ0v) is 10.3. The van der Waals surface area contributed by atoms with Crippen molar-refractivity contribution in [2.45, 2.75) is 37.9 Å². The Hall–Kier alpha value is -0.590. The van der Waals surface area contributed by atoms with Crippen molar-refractivity contribution in [1.82, 2.24) is 0 Å². The predicted molar refractivity (Wildman–Crippen MR) is 60.5 cm³/mol. The summed E-state index contributed by atoms with van der Waals surface area (Å²) in [6.45, 7) is 5.77. The van der Waals surface area contributed by atoms with Crippen molar-refractivity contribution >= 4 is 0 Å². The van der Waals surface area contributed by atoms with E-state index in [1.165, 1.54) is 25.9 Å². The molecule has 0 radical (unpaired) electrons. The first-order valence-electron chi connectivity index (χ1n) is 6.45. The highest BCUT2D eigenvalue weighted by atomic mass is 16.5. The first-order valence-corrected chi connectivity index (χ1v) is 6.45. The maximum atomic E-state index is 8.73. The van der Waals surface area contributed by atoms with Gasteiger partial charge in [0.1, 0.15) is 0 Å². The molecule has 3 aliphatic rings. The van der Waals surface area contributed by atoms with Crippen LogP contribution in [0, 0.1) is 23.2 Å². The van der Waals surface area contributed by atoms with Crippen molar-refractivity contribution in [3.8, 4) is 6.07 Å². The summed E-state index contributed by atoms with van der Waals surface area (Å²) in [7, 11) is 2.32. The summed E-state index contributed by atoms with van der Waals surface area (Å²) < 4.78 is 7.25. The summed E-state index contributed by atoms with van der Waals surface area (Å²) in [5, 5.41) is 8.73. The zero-order chi connectivity index (χ0) is 11.4. The first-order chi connectivity index (χ1) is 7.56. The van der Waals surface area contributed by atoms with E-state index in [4.69, 9.17) is 10.00 Å². The molecule has 3 rings (SSSR count). The SMILES string of the molecule is C[C@]12CC[C@H](O1)[C@H]1C[N+](C)(CCC#N)C[C@@H]12. The number of rotatable bonds is 2. The van der Waals surface area contributed by atoms with Gasteiger partial charge in [0.25, 0.3) is 0 Å². The molecule has 1 unspecified atom stereocenters. The molecule has 0 aliphatic carbocycles. The molecule has 0 spiro atoms. The van der Waals surface area contributed by atoms with E-state index in [9.17, 15) is 0 Å². The Kier molecular flexibility index (Phi) is 2.12. The maximum absolute atomic E-state index is 8.73. The molecule has 5 atom stereocenters. The maximum Gasteiger partial charge on any atom is 0.0916 e. The van der Waals surface area contributed by atoms with Crippen molar-refractivity contribution in [2.75, 3.05) is 26.7 Å². The number of ether oxygens (including phenoxy) is 1. The molecule has 0 saturated carbocycles. The smallest absolute Gasteiger partial charge is 0.0916 e. The molecule has 0 aromatic rings. The predicted octanol–water partition coefficient (Wildman–Crippen LogP) is 1.54. The largest absolute Gasteiger partial charge is 0.371 e. The minimum Gasteiger partial charge on any atom is -0.371 e. The highest BCUT2D eigenvalue weighted by Crippen LogP contribution is 2.55. The van der Waals surface area contributed by atoms with Crippen LogP contribution in [0.5, 0.6) is 0 Å². The molecule has 3 nitrogen and oxygen atoms in total. The van der Waals surface area contributed by atoms with E-state index in [1.807, 2.05) is 0 Å². The molecule has 0 aromatic heterocycles. The Morgan fingerprint density at radius 3 is 3.00 bits per heavy atom. The van der Waals surface area contributed by atoms with Crippen molar-refractivity contribution in [3.05, 3.63) is 0 Å². The van der Waals surface area contributed by atoms with Gasteiger partial charge in [-0.25, -0.2) is 0 Å². The zero-order valence-electron chi connectivity index (χ0n) is 10.3. The van der Waals surface area contributed by atoms with Gasteiger partial charge >= 0.3 is 0 Å². The summed E-state index contributed by atoms with van der Waals surface area (Å²) >= 11 is 0. The summed E-state index contributed by atoms with van der Waals surface area (Å²) in [6.07, 6.45) is 3.72. The fraction of sp³-hybridized carbons (Fsp3) is 0.923. The van der Waals surface area contributed by atoms with Gasteiger partial charge in [-0.1, -0.05) is 0 Å². The first kappa shape index (κ1) is 10.6. The number of likely N-dealkylation sites (tertiary alicyclic amines) is 1. The molecule has 3 heteroatoms. The van der Waals surface area contributed by atoms with Gasteiger partial charge < -0.3 is 9.22 Å². The molecule has 3 aliphatic heterocycles. The highest BCUT2D eigenvalue weighted by molar-refractivity contribution is 5.06. The Labute approximate surface area is 97.6 Å². The third-order valence-electron chi connectivity index (χ3n) is 5.18. The van der Waals surface area contributed by atoms with E-state index in [2.05, 4.69) is 20.0 Å². The second-order valence-corrected chi connectivity index (χ2v) is 6.39. The lowest BCUT2D eigenvalue weighted by molar-refractivity contribution is -0.900. The number of nitrogens with zero attached hydrogens (tertiary/aromatic N) is 2. The minimum atomic E-state index is 0.165. The standard InChI is InChI=1S/C13H21N2O/c1-13-5-4-12(16-13)10-8-15(2,7-3-6-14)9-11(10)13/h10-12H,3-5,7-9H2,1-2H3/q+1/t10-,11-,12-,13+,15?/m0/s1. The molecular formula is C13H21N2O+. The Bertz CT molecular complexity index is 350. The van der Waals surface area contributed by atoms with Gasteiger partial charge in [-0.15, -0.1) is 0 Å². The van der Waals surface area contributed by atoms with E-state index in [1.54, 1.807) is 0 Å². The Morgan fingerprint density at radius 1 is 1.50 bits per heavy atom. The highest BCUT2D eigenvalue weighted by Gasteiger charge is 2.63. The summed E-state index contributed by atoms with van der Waals surface area (Å²) in [6, 6.07) is 2.29. The molecular weight excluding hydrogens is 200 g/mol. The number of fused-ring (bicyclic) bond motifs is 5. The lowest BCUT2D eigenvalue weighted by Gasteiger charge is -2.32. The Morgan fingerprint density at radius 2 is 2.31 bits per heavy atom. The number of hydrogen-bond acceptors (Lipinski definition) is 2. The molecule has 16 heavy (non-hydrogen) atoms. The fourth-order valence-corrected chi connectivity index (χ4v) is 4.31. The average molecular weight is 221 g/mol. The van der Waals surface area contributed by atoms with Gasteiger partial charge in [0.05, 0.1) is 50.9 Å². The van der Waals surface area contributed by atoms with Gasteiger partial charge in [-0.3, -0.25) is 0 Å². The molecule has 0 amide bonds. The second-order valence-electron chi connectivity index (χ2n) is 6.39. The summed E-state index contributed by atoms with van der Waals surface area (Å²) in [5.41, 5.74) is 0.165. The molecule has 3 fully saturated rings. The summed E-state index contributed by atoms with van der Waals surface area (Å²) in [4.78, 5) is 0. The summed E-state index contributed by atoms with van der Waals surface area (Å²) in [5.74, 6) is 1.51. The molecule has 2 bridgehead atoms. The van der Waals surface area contributed by atoms with Crippen molar-refractivity contribution in [3.63, 3.8) is 0 Å². The monoisotopic (exact) mass is 221 g/mol. The molecule has 3 heterocycles. The van der Waals surface area contributed by atoms with Crippen molar-refractivity contribution in [2.24, 2.45) is 11.8 Å². The van der Waals surface area contributed by atoms with Gasteiger partial charge in [-0.2, -0.15) is 5.26 Å². The van der Waals surface area contributed by atoms with E-state index < -0.39 is 0 Å². The van der Waals surface area contributed by atoms with Crippen LogP contribution in [-0.4, -0.2) is 42.9 Å². The third-order valence-corrected chi connectivity index (χ3v) is 5.18. The van der Waals surface area contributed by atoms with Gasteiger partial charge in [0, 0.05) is 11.8 Å². The number of quaternary nitrogens is 1. The second kappa shape index (κ2) is 3.21. The minimum absolute atomic E-state index is 0.165. The topological polar surface area (TPSA) is 33.0 Å². The van der Waals surface area contributed by atoms with Gasteiger partial charge in [0.15, 0.2) is 0 Å². The van der Waals surface area contributed by atoms with Crippen LogP contribution in [-0.2, 0) is 4.74 Å². The molecule has 0 aromatic carbocycles. The van der Waals surface area contributed by atoms with Crippen molar-refractivity contribution in [1.29, 1.82) is 5.26 Å². The van der Waals surface area contributed by atoms with Crippen LogP contribution in [0.4, 0.5) is 0 Å². The van der Waals surface area contributed by atoms with Crippen LogP contribution >= 0.6 is 0 Å². The molecule has 0 N–H and O–H groups in total. The van der Waals surface area contributed by atoms with E-state index in [0.717, 1.165) is 22.9 Å². The lowest BCUT2D eigenvalue weighted by atomic mass is 9.75. The quantitative estimate of drug-likeness (QED) is 0.663. The van der Waals surface area contributed by atoms with E-state index in [0.29, 0.717) is 12.5 Å². The molecule has 88 valence electrons. The van der Waals surface area contributed by atoms with Crippen LogP contribution in [0.25, 0.3) is 0 Å². The van der Waals surface area contributed by atoms with Crippen molar-refractivity contribution < 1.29 is 9.22 Å². The van der Waals surface area contributed by atoms with Crippen LogP contribution in [0.3, 0.4) is 0 Å². The van der Waals surface area contributed by atoms with Crippen LogP contribution in [0.2, 0.25) is 0 Å². The fourth-order valence-electron chi connectivity index (χ4n) is 4.31. The Balaban J connectivity index is 1.77. The average Bonchev–Trinajstić information content (AvgIpc) is 2.84. The molecule has 3 saturated heterocycles. The lowest BCUT2D eigenvalue weighted by Crippen LogP contribution is -2.45. The normalized spacial score (nSPS) is 53.9. The number of nitriles is 1. The van der Waals surface area contributed by atoms with Gasteiger partial charge in [0.2, 0.25) is 0 Å². The van der Waals surface area contributed by atoms with Crippen LogP contribution < -0.4 is 0 Å². The van der Waals surface area contributed by atoms with Crippen LogP contribution in [0.15, 0.2) is 0 Å². The van der Waals surface area contributed by atoms with Crippen LogP contribution in [0.1, 0.15) is 26.2 Å². The van der Waals surface area contributed by atoms with E-state index in [-0.39, 0.29) is 5.60 Å². The van der Waals surface area contributed by atoms with E-state index >= 15 is 0 Å². The number of hydrogen-bond donors (Lipinski definition) is 0.